The number of hydrogen-bond donors (Lipinski definition) is 2. The quantitative estimate of drug-likeness (QED) is 0.820. The lowest BCUT2D eigenvalue weighted by Crippen LogP contribution is -2.12. The molecule has 0 unspecified atom stereocenters. The number of carbonyl (C=O) groups is 1. The van der Waals surface area contributed by atoms with Gasteiger partial charge in [0.1, 0.15) is 6.61 Å². The Morgan fingerprint density at radius 3 is 2.65 bits per heavy atom. The van der Waals surface area contributed by atoms with Crippen LogP contribution < -0.4 is 5.32 Å². The van der Waals surface area contributed by atoms with Gasteiger partial charge in [-0.1, -0.05) is 36.1 Å². The normalized spacial score (nSPS) is 9.50. The highest BCUT2D eigenvalue weighted by molar-refractivity contribution is 6.04. The molecule has 0 radical (unpaired) electrons. The molecule has 20 heavy (non-hydrogen) atoms. The second kappa shape index (κ2) is 6.55. The van der Waals surface area contributed by atoms with Gasteiger partial charge in [0.2, 0.25) is 0 Å². The number of benzene rings is 2. The monoisotopic (exact) mass is 265 g/mol. The molecule has 2 aromatic rings. The Bertz CT molecular complexity index is 666. The summed E-state index contributed by atoms with van der Waals surface area (Å²) in [6.45, 7) is 1.74. The maximum Gasteiger partial charge on any atom is 0.255 e. The van der Waals surface area contributed by atoms with Crippen LogP contribution in [-0.2, 0) is 0 Å². The zero-order chi connectivity index (χ0) is 14.4. The van der Waals surface area contributed by atoms with E-state index in [4.69, 9.17) is 5.11 Å². The second-order valence-electron chi connectivity index (χ2n) is 4.31. The average Bonchev–Trinajstić information content (AvgIpc) is 2.49. The summed E-state index contributed by atoms with van der Waals surface area (Å²) in [5.74, 6) is 5.26. The largest absolute Gasteiger partial charge is 0.384 e. The van der Waals surface area contributed by atoms with E-state index >= 15 is 0 Å². The van der Waals surface area contributed by atoms with Gasteiger partial charge >= 0.3 is 0 Å². The highest BCUT2D eigenvalue weighted by Gasteiger charge is 2.07. The second-order valence-corrected chi connectivity index (χ2v) is 4.31. The minimum Gasteiger partial charge on any atom is -0.384 e. The maximum absolute atomic E-state index is 12.1. The minimum absolute atomic E-state index is 0.152. The van der Waals surface area contributed by atoms with E-state index in [2.05, 4.69) is 17.2 Å². The van der Waals surface area contributed by atoms with Crippen molar-refractivity contribution in [2.24, 2.45) is 0 Å². The molecule has 0 saturated carbocycles. The standard InChI is InChI=1S/C17H15NO2/c1-13-9-10-14(6-5-11-19)12-16(13)18-17(20)15-7-3-2-4-8-15/h2-4,7-10,12,19H,11H2,1H3,(H,18,20). The molecule has 3 heteroatoms. The first-order valence-electron chi connectivity index (χ1n) is 6.27. The van der Waals surface area contributed by atoms with E-state index in [9.17, 15) is 4.79 Å². The highest BCUT2D eigenvalue weighted by atomic mass is 16.2. The van der Waals surface area contributed by atoms with Crippen molar-refractivity contribution in [2.45, 2.75) is 6.92 Å². The zero-order valence-corrected chi connectivity index (χ0v) is 11.2. The van der Waals surface area contributed by atoms with Crippen LogP contribution in [0.1, 0.15) is 21.5 Å². The van der Waals surface area contributed by atoms with Crippen LogP contribution in [0.15, 0.2) is 48.5 Å². The van der Waals surface area contributed by atoms with E-state index in [1.165, 1.54) is 0 Å². The van der Waals surface area contributed by atoms with Gasteiger partial charge in [0, 0.05) is 16.8 Å². The molecule has 2 rings (SSSR count). The van der Waals surface area contributed by atoms with E-state index in [1.54, 1.807) is 18.2 Å². The maximum atomic E-state index is 12.1. The third-order valence-corrected chi connectivity index (χ3v) is 2.83. The first kappa shape index (κ1) is 13.9. The van der Waals surface area contributed by atoms with Crippen molar-refractivity contribution in [3.05, 3.63) is 65.2 Å². The predicted octanol–water partition coefficient (Wildman–Crippen LogP) is 2.59. The summed E-state index contributed by atoms with van der Waals surface area (Å²) in [6.07, 6.45) is 0. The van der Waals surface area contributed by atoms with Gasteiger partial charge in [-0.05, 0) is 36.8 Å². The molecule has 3 nitrogen and oxygen atoms in total. The fraction of sp³-hybridized carbons (Fsp3) is 0.118. The van der Waals surface area contributed by atoms with Crippen molar-refractivity contribution in [1.29, 1.82) is 0 Å². The van der Waals surface area contributed by atoms with Gasteiger partial charge in [-0.25, -0.2) is 0 Å². The zero-order valence-electron chi connectivity index (χ0n) is 11.2. The van der Waals surface area contributed by atoms with Gasteiger partial charge in [-0.2, -0.15) is 0 Å². The molecule has 0 fully saturated rings. The Balaban J connectivity index is 2.22. The average molecular weight is 265 g/mol. The van der Waals surface area contributed by atoms with Crippen LogP contribution in [0.2, 0.25) is 0 Å². The van der Waals surface area contributed by atoms with E-state index < -0.39 is 0 Å². The summed E-state index contributed by atoms with van der Waals surface area (Å²) in [6, 6.07) is 14.6. The fourth-order valence-corrected chi connectivity index (χ4v) is 1.76. The Hall–Kier alpha value is -2.57. The predicted molar refractivity (Wildman–Crippen MR) is 79.5 cm³/mol. The van der Waals surface area contributed by atoms with E-state index in [0.29, 0.717) is 5.56 Å². The van der Waals surface area contributed by atoms with Crippen LogP contribution in [0.4, 0.5) is 5.69 Å². The van der Waals surface area contributed by atoms with Crippen molar-refractivity contribution >= 4 is 11.6 Å². The third-order valence-electron chi connectivity index (χ3n) is 2.83. The molecular weight excluding hydrogens is 250 g/mol. The van der Waals surface area contributed by atoms with Gasteiger partial charge in [-0.15, -0.1) is 0 Å². The van der Waals surface area contributed by atoms with E-state index in [-0.39, 0.29) is 12.5 Å². The third kappa shape index (κ3) is 3.47. The number of nitrogens with one attached hydrogen (secondary N) is 1. The van der Waals surface area contributed by atoms with Crippen molar-refractivity contribution in [3.8, 4) is 11.8 Å². The van der Waals surface area contributed by atoms with Crippen molar-refractivity contribution < 1.29 is 9.90 Å². The van der Waals surface area contributed by atoms with Gasteiger partial charge in [-0.3, -0.25) is 4.79 Å². The SMILES string of the molecule is Cc1ccc(C#CCO)cc1NC(=O)c1ccccc1. The van der Waals surface area contributed by atoms with Crippen LogP contribution in [0.25, 0.3) is 0 Å². The molecule has 0 aliphatic rings. The first-order valence-corrected chi connectivity index (χ1v) is 6.27. The van der Waals surface area contributed by atoms with Crippen LogP contribution in [-0.4, -0.2) is 17.6 Å². The Morgan fingerprint density at radius 2 is 1.95 bits per heavy atom. The van der Waals surface area contributed by atoms with E-state index in [1.807, 2.05) is 37.3 Å². The Morgan fingerprint density at radius 1 is 1.20 bits per heavy atom. The summed E-state index contributed by atoms with van der Waals surface area (Å²) in [4.78, 5) is 12.1. The number of aryl methyl sites for hydroxylation is 1. The molecule has 2 N–H and O–H groups in total. The summed E-state index contributed by atoms with van der Waals surface area (Å²) in [5.41, 5.74) is 3.05. The molecule has 0 aromatic heterocycles. The lowest BCUT2D eigenvalue weighted by Gasteiger charge is -2.09. The van der Waals surface area contributed by atoms with Crippen molar-refractivity contribution in [2.75, 3.05) is 11.9 Å². The molecular formula is C17H15NO2. The Kier molecular flexibility index (Phi) is 4.54. The Labute approximate surface area is 118 Å². The molecule has 0 saturated heterocycles. The summed E-state index contributed by atoms with van der Waals surface area (Å²) >= 11 is 0. The van der Waals surface area contributed by atoms with Crippen LogP contribution in [0.5, 0.6) is 0 Å². The minimum atomic E-state index is -0.181. The van der Waals surface area contributed by atoms with Crippen molar-refractivity contribution in [3.63, 3.8) is 0 Å². The molecule has 0 atom stereocenters. The number of aliphatic hydroxyl groups is 1. The van der Waals surface area contributed by atoms with Crippen LogP contribution in [0.3, 0.4) is 0 Å². The number of amides is 1. The summed E-state index contributed by atoms with van der Waals surface area (Å²) in [7, 11) is 0. The van der Waals surface area contributed by atoms with Crippen LogP contribution >= 0.6 is 0 Å². The fourth-order valence-electron chi connectivity index (χ4n) is 1.76. The van der Waals surface area contributed by atoms with Crippen LogP contribution in [0, 0.1) is 18.8 Å². The molecule has 0 aliphatic heterocycles. The van der Waals surface area contributed by atoms with Gasteiger partial charge in [0.05, 0.1) is 0 Å². The molecule has 0 spiro atoms. The van der Waals surface area contributed by atoms with Crippen molar-refractivity contribution in [1.82, 2.24) is 0 Å². The topological polar surface area (TPSA) is 49.3 Å². The number of hydrogen-bond acceptors (Lipinski definition) is 2. The molecule has 0 aliphatic carbocycles. The van der Waals surface area contributed by atoms with E-state index in [0.717, 1.165) is 16.8 Å². The first-order chi connectivity index (χ1) is 9.70. The number of anilines is 1. The van der Waals surface area contributed by atoms with Gasteiger partial charge < -0.3 is 10.4 Å². The van der Waals surface area contributed by atoms with Gasteiger partial charge in [0.15, 0.2) is 0 Å². The lowest BCUT2D eigenvalue weighted by molar-refractivity contribution is 0.102. The molecule has 1 amide bonds. The number of rotatable bonds is 2. The molecule has 0 bridgehead atoms. The lowest BCUT2D eigenvalue weighted by atomic mass is 10.1. The number of carbonyl (C=O) groups excluding carboxylic acids is 1. The smallest absolute Gasteiger partial charge is 0.255 e. The molecule has 100 valence electrons. The summed E-state index contributed by atoms with van der Waals surface area (Å²) < 4.78 is 0. The van der Waals surface area contributed by atoms with Gasteiger partial charge in [0.25, 0.3) is 5.91 Å². The number of aliphatic hydroxyl groups excluding tert-OH is 1. The molecule has 0 heterocycles. The summed E-state index contributed by atoms with van der Waals surface area (Å²) in [5, 5.41) is 11.6. The highest BCUT2D eigenvalue weighted by Crippen LogP contribution is 2.17. The molecule has 2 aromatic carbocycles.